The third kappa shape index (κ3) is 4.82. The molecule has 3 aromatic heterocycles. The quantitative estimate of drug-likeness (QED) is 0.360. The first-order chi connectivity index (χ1) is 14.4. The predicted octanol–water partition coefficient (Wildman–Crippen LogP) is 5.50. The molecule has 6 nitrogen and oxygen atoms in total. The summed E-state index contributed by atoms with van der Waals surface area (Å²) in [5, 5.41) is 8.55. The smallest absolute Gasteiger partial charge is 0.406 e. The normalized spacial score (nSPS) is 11.7. The second-order valence-electron chi connectivity index (χ2n) is 6.16. The second-order valence-corrected chi connectivity index (χ2v) is 7.54. The van der Waals surface area contributed by atoms with E-state index in [4.69, 9.17) is 16.0 Å². The Balaban J connectivity index is 1.56. The Morgan fingerprint density at radius 3 is 2.60 bits per heavy atom. The maximum absolute atomic E-state index is 13.1. The van der Waals surface area contributed by atoms with Crippen LogP contribution in [0, 0.1) is 0 Å². The number of oxazole rings is 1. The third-order valence-electron chi connectivity index (χ3n) is 3.98. The highest BCUT2D eigenvalue weighted by atomic mass is 35.5. The topological polar surface area (TPSA) is 69.6 Å². The molecular formula is C19H13ClF3N5OS. The van der Waals surface area contributed by atoms with Crippen molar-refractivity contribution in [1.82, 2.24) is 24.7 Å². The van der Waals surface area contributed by atoms with E-state index < -0.39 is 12.7 Å². The van der Waals surface area contributed by atoms with Gasteiger partial charge in [0.25, 0.3) is 0 Å². The van der Waals surface area contributed by atoms with Gasteiger partial charge in [0.05, 0.1) is 11.9 Å². The van der Waals surface area contributed by atoms with Crippen molar-refractivity contribution < 1.29 is 17.6 Å². The van der Waals surface area contributed by atoms with Crippen LogP contribution in [0.15, 0.2) is 64.6 Å². The molecule has 0 radical (unpaired) electrons. The summed E-state index contributed by atoms with van der Waals surface area (Å²) in [7, 11) is 0. The Hall–Kier alpha value is -2.85. The van der Waals surface area contributed by atoms with E-state index in [0.29, 0.717) is 22.2 Å². The second kappa shape index (κ2) is 8.49. The van der Waals surface area contributed by atoms with E-state index in [2.05, 4.69) is 20.2 Å². The maximum Gasteiger partial charge on any atom is 0.406 e. The molecule has 4 rings (SSSR count). The summed E-state index contributed by atoms with van der Waals surface area (Å²) in [6, 6.07) is 10.2. The van der Waals surface area contributed by atoms with Crippen LogP contribution in [0.4, 0.5) is 13.2 Å². The van der Waals surface area contributed by atoms with Gasteiger partial charge in [0.15, 0.2) is 16.7 Å². The summed E-state index contributed by atoms with van der Waals surface area (Å²) in [4.78, 5) is 8.06. The van der Waals surface area contributed by atoms with Crippen molar-refractivity contribution >= 4 is 23.4 Å². The van der Waals surface area contributed by atoms with Gasteiger partial charge in [0.1, 0.15) is 6.54 Å². The average molecular weight is 452 g/mol. The van der Waals surface area contributed by atoms with Gasteiger partial charge in [-0.05, 0) is 24.3 Å². The molecule has 0 unspecified atom stereocenters. The molecule has 0 amide bonds. The Bertz CT molecular complexity index is 1150. The van der Waals surface area contributed by atoms with Crippen molar-refractivity contribution in [2.24, 2.45) is 0 Å². The van der Waals surface area contributed by atoms with Crippen LogP contribution in [0.5, 0.6) is 0 Å². The number of halogens is 4. The number of nitrogens with zero attached hydrogens (tertiary/aromatic N) is 5. The maximum atomic E-state index is 13.1. The van der Waals surface area contributed by atoms with E-state index in [1.165, 1.54) is 12.4 Å². The number of hydrogen-bond donors (Lipinski definition) is 0. The van der Waals surface area contributed by atoms with Crippen molar-refractivity contribution in [2.75, 3.05) is 0 Å². The van der Waals surface area contributed by atoms with Gasteiger partial charge < -0.3 is 4.42 Å². The number of pyridine rings is 1. The lowest BCUT2D eigenvalue weighted by Gasteiger charge is -2.12. The summed E-state index contributed by atoms with van der Waals surface area (Å²) in [6.45, 7) is -1.21. The number of hydrogen-bond acceptors (Lipinski definition) is 6. The van der Waals surface area contributed by atoms with E-state index >= 15 is 0 Å². The third-order valence-corrected chi connectivity index (χ3v) is 5.17. The highest BCUT2D eigenvalue weighted by Crippen LogP contribution is 2.31. The molecule has 0 spiro atoms. The molecular weight excluding hydrogens is 439 g/mol. The summed E-state index contributed by atoms with van der Waals surface area (Å²) < 4.78 is 46.2. The standard InChI is InChI=1S/C19H13ClF3N5OS/c20-14-3-1-2-13(8-14)15-9-25-16(29-15)10-30-18-27-26-17(12-4-6-24-7-5-12)28(18)11-19(21,22)23/h1-9H,10-11H2. The van der Waals surface area contributed by atoms with Crippen LogP contribution in [0.25, 0.3) is 22.7 Å². The molecule has 3 heterocycles. The number of thioether (sulfide) groups is 1. The van der Waals surface area contributed by atoms with Crippen molar-refractivity contribution in [1.29, 1.82) is 0 Å². The fourth-order valence-electron chi connectivity index (χ4n) is 2.71. The number of benzene rings is 1. The van der Waals surface area contributed by atoms with E-state index in [1.807, 2.05) is 6.07 Å². The molecule has 1 aromatic carbocycles. The number of aromatic nitrogens is 5. The molecule has 0 N–H and O–H groups in total. The van der Waals surface area contributed by atoms with Crippen LogP contribution < -0.4 is 0 Å². The van der Waals surface area contributed by atoms with Crippen molar-refractivity contribution in [3.05, 3.63) is 65.9 Å². The van der Waals surface area contributed by atoms with Gasteiger partial charge in [-0.15, -0.1) is 10.2 Å². The minimum absolute atomic E-state index is 0.113. The van der Waals surface area contributed by atoms with E-state index in [-0.39, 0.29) is 16.7 Å². The first kappa shape index (κ1) is 20.4. The lowest BCUT2D eigenvalue weighted by atomic mass is 10.2. The summed E-state index contributed by atoms with van der Waals surface area (Å²) in [5.74, 6) is 1.17. The van der Waals surface area contributed by atoms with Gasteiger partial charge in [-0.3, -0.25) is 9.55 Å². The zero-order chi connectivity index (χ0) is 21.1. The molecule has 0 atom stereocenters. The minimum atomic E-state index is -4.43. The van der Waals surface area contributed by atoms with Crippen molar-refractivity contribution in [3.8, 4) is 22.7 Å². The van der Waals surface area contributed by atoms with Gasteiger partial charge in [-0.25, -0.2) is 4.98 Å². The zero-order valence-corrected chi connectivity index (χ0v) is 16.7. The van der Waals surface area contributed by atoms with Crippen molar-refractivity contribution in [2.45, 2.75) is 23.6 Å². The summed E-state index contributed by atoms with van der Waals surface area (Å²) in [6.07, 6.45) is 0.0876. The zero-order valence-electron chi connectivity index (χ0n) is 15.2. The first-order valence-electron chi connectivity index (χ1n) is 8.63. The molecule has 0 bridgehead atoms. The van der Waals surface area contributed by atoms with Gasteiger partial charge >= 0.3 is 6.18 Å². The SMILES string of the molecule is FC(F)(F)Cn1c(SCc2ncc(-c3cccc(Cl)c3)o2)nnc1-c1ccncc1. The molecule has 30 heavy (non-hydrogen) atoms. The van der Waals surface area contributed by atoms with Crippen LogP contribution in [-0.4, -0.2) is 30.9 Å². The van der Waals surface area contributed by atoms with Crippen LogP contribution >= 0.6 is 23.4 Å². The fourth-order valence-corrected chi connectivity index (χ4v) is 3.69. The van der Waals surface area contributed by atoms with Gasteiger partial charge in [-0.2, -0.15) is 13.2 Å². The van der Waals surface area contributed by atoms with Crippen LogP contribution in [-0.2, 0) is 12.3 Å². The van der Waals surface area contributed by atoms with Gasteiger partial charge in [0.2, 0.25) is 5.89 Å². The molecule has 0 aliphatic rings. The highest BCUT2D eigenvalue weighted by molar-refractivity contribution is 7.98. The Kier molecular flexibility index (Phi) is 5.78. The van der Waals surface area contributed by atoms with E-state index in [0.717, 1.165) is 21.9 Å². The fraction of sp³-hybridized carbons (Fsp3) is 0.158. The highest BCUT2D eigenvalue weighted by Gasteiger charge is 2.31. The molecule has 0 saturated heterocycles. The lowest BCUT2D eigenvalue weighted by Crippen LogP contribution is -2.19. The Morgan fingerprint density at radius 1 is 1.07 bits per heavy atom. The summed E-state index contributed by atoms with van der Waals surface area (Å²) >= 11 is 7.05. The van der Waals surface area contributed by atoms with E-state index in [9.17, 15) is 13.2 Å². The largest absolute Gasteiger partial charge is 0.440 e. The Morgan fingerprint density at radius 2 is 1.87 bits per heavy atom. The van der Waals surface area contributed by atoms with E-state index in [1.54, 1.807) is 36.5 Å². The molecule has 0 aliphatic heterocycles. The number of rotatable bonds is 6. The molecule has 0 saturated carbocycles. The molecule has 11 heteroatoms. The first-order valence-corrected chi connectivity index (χ1v) is 9.99. The number of alkyl halides is 3. The predicted molar refractivity (Wildman–Crippen MR) is 106 cm³/mol. The lowest BCUT2D eigenvalue weighted by molar-refractivity contribution is -0.141. The summed E-state index contributed by atoms with van der Waals surface area (Å²) in [5.41, 5.74) is 1.25. The molecule has 4 aromatic rings. The Labute approximate surface area is 178 Å². The monoisotopic (exact) mass is 451 g/mol. The minimum Gasteiger partial charge on any atom is -0.440 e. The molecule has 0 aliphatic carbocycles. The average Bonchev–Trinajstić information content (AvgIpc) is 3.33. The van der Waals surface area contributed by atoms with Gasteiger partial charge in [0, 0.05) is 28.5 Å². The van der Waals surface area contributed by atoms with Crippen LogP contribution in [0.2, 0.25) is 5.02 Å². The van der Waals surface area contributed by atoms with Gasteiger partial charge in [-0.1, -0.05) is 35.5 Å². The van der Waals surface area contributed by atoms with Crippen LogP contribution in [0.3, 0.4) is 0 Å². The van der Waals surface area contributed by atoms with Crippen LogP contribution in [0.1, 0.15) is 5.89 Å². The molecule has 154 valence electrons. The van der Waals surface area contributed by atoms with Crippen molar-refractivity contribution in [3.63, 3.8) is 0 Å². The molecule has 0 fully saturated rings.